The molecule has 4 nitrogen and oxygen atoms in total. The summed E-state index contributed by atoms with van der Waals surface area (Å²) < 4.78 is 12.9. The van der Waals surface area contributed by atoms with Crippen LogP contribution in [0.15, 0.2) is 140 Å². The largest absolute Gasteiger partial charge is 0.503 e. The SMILES string of the molecule is Cc1c[c-]c(-c2cc(-c3ccccc3C)c(C)cn2)cc1.Cc1ccc(-c2cc(-c3[c-]cc4c5c3Oc3ccccc3B5c3ccccc3O4)ncc2C)c(C)c1.[Ir]. The molecule has 0 saturated carbocycles. The fraction of sp³-hybridized carbons (Fsp3) is 0.115. The number of para-hydroxylation sites is 2. The number of pyridine rings is 2. The molecule has 2 aromatic heterocycles. The summed E-state index contributed by atoms with van der Waals surface area (Å²) in [6, 6.07) is 50.8. The summed E-state index contributed by atoms with van der Waals surface area (Å²) in [7, 11) is 0. The van der Waals surface area contributed by atoms with Crippen LogP contribution in [-0.4, -0.2) is 16.7 Å². The molecule has 6 aromatic carbocycles. The molecule has 58 heavy (non-hydrogen) atoms. The van der Waals surface area contributed by atoms with Crippen molar-refractivity contribution in [1.82, 2.24) is 9.97 Å². The molecule has 1 radical (unpaired) electrons. The second-order valence-electron chi connectivity index (χ2n) is 15.2. The van der Waals surface area contributed by atoms with Gasteiger partial charge >= 0.3 is 0 Å². The molecule has 0 bridgehead atoms. The van der Waals surface area contributed by atoms with Crippen LogP contribution in [0.25, 0.3) is 44.8 Å². The van der Waals surface area contributed by atoms with Gasteiger partial charge in [-0.3, -0.25) is 0 Å². The zero-order chi connectivity index (χ0) is 39.2. The molecular formula is C52H41BIrN2O2-2. The van der Waals surface area contributed by atoms with Crippen LogP contribution in [-0.2, 0) is 20.1 Å². The Kier molecular flexibility index (Phi) is 10.7. The average Bonchev–Trinajstić information content (AvgIpc) is 3.22. The summed E-state index contributed by atoms with van der Waals surface area (Å²) >= 11 is 0. The van der Waals surface area contributed by atoms with E-state index in [0.717, 1.165) is 67.5 Å². The van der Waals surface area contributed by atoms with Crippen LogP contribution in [0.5, 0.6) is 23.0 Å². The second kappa shape index (κ2) is 16.1. The number of aryl methyl sites for hydroxylation is 6. The van der Waals surface area contributed by atoms with E-state index < -0.39 is 0 Å². The fourth-order valence-electron chi connectivity index (χ4n) is 8.08. The molecule has 0 N–H and O–H groups in total. The minimum atomic E-state index is 0. The van der Waals surface area contributed by atoms with Crippen molar-refractivity contribution in [2.75, 3.05) is 0 Å². The molecule has 0 amide bonds. The van der Waals surface area contributed by atoms with E-state index in [1.54, 1.807) is 0 Å². The van der Waals surface area contributed by atoms with E-state index in [0.29, 0.717) is 0 Å². The van der Waals surface area contributed by atoms with Crippen LogP contribution in [0.2, 0.25) is 0 Å². The first-order chi connectivity index (χ1) is 27.7. The van der Waals surface area contributed by atoms with E-state index in [4.69, 9.17) is 14.5 Å². The van der Waals surface area contributed by atoms with Crippen molar-refractivity contribution in [3.63, 3.8) is 0 Å². The summed E-state index contributed by atoms with van der Waals surface area (Å²) in [5, 5.41) is 0. The minimum Gasteiger partial charge on any atom is -0.503 e. The monoisotopic (exact) mass is 929 g/mol. The summed E-state index contributed by atoms with van der Waals surface area (Å²) in [6.45, 7) is 12.8. The Balaban J connectivity index is 0.000000183. The van der Waals surface area contributed by atoms with E-state index >= 15 is 0 Å². The molecule has 0 unspecified atom stereocenters. The van der Waals surface area contributed by atoms with Gasteiger partial charge in [-0.25, -0.2) is 0 Å². The number of ether oxygens (including phenoxy) is 2. The molecule has 8 aromatic rings. The van der Waals surface area contributed by atoms with Crippen molar-refractivity contribution < 1.29 is 29.6 Å². The van der Waals surface area contributed by atoms with Gasteiger partial charge in [0.15, 0.2) is 0 Å². The molecule has 6 heteroatoms. The zero-order valence-corrected chi connectivity index (χ0v) is 35.8. The third kappa shape index (κ3) is 7.19. The maximum absolute atomic E-state index is 6.59. The Morgan fingerprint density at radius 1 is 0.483 bits per heavy atom. The van der Waals surface area contributed by atoms with Crippen molar-refractivity contribution in [1.29, 1.82) is 0 Å². The van der Waals surface area contributed by atoms with Crippen molar-refractivity contribution in [3.8, 4) is 67.8 Å². The topological polar surface area (TPSA) is 44.2 Å². The number of hydrogen-bond donors (Lipinski definition) is 0. The van der Waals surface area contributed by atoms with Gasteiger partial charge in [0.25, 0.3) is 0 Å². The van der Waals surface area contributed by atoms with E-state index in [-0.39, 0.29) is 26.8 Å². The number of nitrogens with zero attached hydrogens (tertiary/aromatic N) is 2. The summed E-state index contributed by atoms with van der Waals surface area (Å²) in [5.41, 5.74) is 19.3. The maximum Gasteiger partial charge on any atom is 0.239 e. The molecule has 0 atom stereocenters. The van der Waals surface area contributed by atoms with Gasteiger partial charge in [-0.15, -0.1) is 47.5 Å². The van der Waals surface area contributed by atoms with Crippen molar-refractivity contribution in [2.45, 2.75) is 41.5 Å². The maximum atomic E-state index is 6.59. The predicted octanol–water partition coefficient (Wildman–Crippen LogP) is 11.0. The third-order valence-corrected chi connectivity index (χ3v) is 11.1. The second-order valence-corrected chi connectivity index (χ2v) is 15.2. The van der Waals surface area contributed by atoms with E-state index in [9.17, 15) is 0 Å². The Morgan fingerprint density at radius 2 is 1.09 bits per heavy atom. The van der Waals surface area contributed by atoms with Crippen LogP contribution in [0.1, 0.15) is 33.4 Å². The van der Waals surface area contributed by atoms with Crippen LogP contribution >= 0.6 is 0 Å². The number of aromatic nitrogens is 2. The van der Waals surface area contributed by atoms with Gasteiger partial charge in [-0.2, -0.15) is 0 Å². The van der Waals surface area contributed by atoms with Gasteiger partial charge in [0.05, 0.1) is 0 Å². The van der Waals surface area contributed by atoms with Crippen LogP contribution in [0.4, 0.5) is 0 Å². The third-order valence-electron chi connectivity index (χ3n) is 11.1. The summed E-state index contributed by atoms with van der Waals surface area (Å²) in [4.78, 5) is 9.40. The molecular weight excluding hydrogens is 888 g/mol. The van der Waals surface area contributed by atoms with E-state index in [1.165, 1.54) is 50.1 Å². The molecule has 2 aliphatic rings. The first-order valence-electron chi connectivity index (χ1n) is 19.4. The number of rotatable bonds is 4. The van der Waals surface area contributed by atoms with Crippen LogP contribution in [0, 0.1) is 53.7 Å². The molecule has 0 spiro atoms. The average molecular weight is 929 g/mol. The molecule has 2 aliphatic heterocycles. The van der Waals surface area contributed by atoms with Gasteiger partial charge in [0.1, 0.15) is 11.5 Å². The van der Waals surface area contributed by atoms with E-state index in [1.807, 2.05) is 48.8 Å². The van der Waals surface area contributed by atoms with E-state index in [2.05, 4.69) is 150 Å². The molecule has 0 fully saturated rings. The van der Waals surface area contributed by atoms with Crippen LogP contribution < -0.4 is 25.9 Å². The minimum absolute atomic E-state index is 0. The van der Waals surface area contributed by atoms with Crippen molar-refractivity contribution in [3.05, 3.63) is 185 Å². The van der Waals surface area contributed by atoms with Gasteiger partial charge in [-0.05, 0) is 114 Å². The molecule has 0 saturated heterocycles. The number of benzene rings is 6. The molecule has 285 valence electrons. The van der Waals surface area contributed by atoms with Gasteiger partial charge in [0, 0.05) is 44.0 Å². The summed E-state index contributed by atoms with van der Waals surface area (Å²) in [5.74, 6) is 3.30. The number of hydrogen-bond acceptors (Lipinski definition) is 4. The summed E-state index contributed by atoms with van der Waals surface area (Å²) in [6.07, 6.45) is 3.90. The smallest absolute Gasteiger partial charge is 0.239 e. The van der Waals surface area contributed by atoms with Gasteiger partial charge in [-0.1, -0.05) is 115 Å². The van der Waals surface area contributed by atoms with Gasteiger partial charge in [0.2, 0.25) is 6.71 Å². The quantitative estimate of drug-likeness (QED) is 0.130. The van der Waals surface area contributed by atoms with Crippen LogP contribution in [0.3, 0.4) is 0 Å². The fourth-order valence-corrected chi connectivity index (χ4v) is 8.08. The molecule has 4 heterocycles. The Morgan fingerprint density at radius 3 is 1.76 bits per heavy atom. The van der Waals surface area contributed by atoms with Crippen molar-refractivity contribution in [2.24, 2.45) is 0 Å². The Bertz CT molecular complexity index is 2820. The predicted molar refractivity (Wildman–Crippen MR) is 234 cm³/mol. The zero-order valence-electron chi connectivity index (χ0n) is 33.4. The molecule has 10 rings (SSSR count). The Labute approximate surface area is 355 Å². The van der Waals surface area contributed by atoms with Crippen molar-refractivity contribution >= 4 is 23.1 Å². The number of fused-ring (bicyclic) bond motifs is 4. The first-order valence-corrected chi connectivity index (χ1v) is 19.4. The normalized spacial score (nSPS) is 11.7. The van der Waals surface area contributed by atoms with Gasteiger partial charge < -0.3 is 19.4 Å². The molecule has 0 aliphatic carbocycles. The first kappa shape index (κ1) is 38.8. The Hall–Kier alpha value is -6.07. The standard InChI is InChI=1S/C32H23BNO2.C20H18N.Ir/c1-19-12-13-22(20(2)16-19)24-17-27(34-18-21(24)3)23-14-15-30-31-32(23)36-29-11-7-5-9-26(29)33(31)25-8-4-6-10-28(25)35-30;1-14-8-10-17(11-9-14)20-12-19(16(3)13-21-20)18-7-5-4-6-15(18)2;/h4-13,15-18H,1-3H3;4-10,12-13H,1-3H3;/q2*-1;.